The van der Waals surface area contributed by atoms with Gasteiger partial charge in [-0.3, -0.25) is 9.59 Å². The number of nitrogens with zero attached hydrogens (tertiary/aromatic N) is 1. The average molecular weight is 454 g/mol. The number of Topliss-reactive ketones (excluding diaryl/α,β-unsaturated/α-hetero) is 1. The molecule has 2 aromatic carbocycles. The lowest BCUT2D eigenvalue weighted by Gasteiger charge is -2.25. The van der Waals surface area contributed by atoms with E-state index >= 15 is 0 Å². The first-order valence-electron chi connectivity index (χ1n) is 10.9. The molecule has 1 heterocycles. The van der Waals surface area contributed by atoms with E-state index in [1.54, 1.807) is 18.2 Å². The normalized spacial score (nSPS) is 17.6. The third kappa shape index (κ3) is 5.20. The third-order valence-electron chi connectivity index (χ3n) is 5.44. The Morgan fingerprint density at radius 3 is 2.55 bits per heavy atom. The Balaban J connectivity index is 2.17. The Morgan fingerprint density at radius 2 is 1.88 bits per heavy atom. The minimum atomic E-state index is -0.784. The molecule has 2 aromatic rings. The summed E-state index contributed by atoms with van der Waals surface area (Å²) in [6, 6.07) is 11.8. The predicted octanol–water partition coefficient (Wildman–Crippen LogP) is 4.11. The van der Waals surface area contributed by atoms with E-state index in [4.69, 9.17) is 14.2 Å². The first-order valence-corrected chi connectivity index (χ1v) is 10.9. The number of carbonyl (C=O) groups excluding carboxylic acids is 2. The van der Waals surface area contributed by atoms with E-state index < -0.39 is 17.7 Å². The van der Waals surface area contributed by atoms with Gasteiger partial charge in [-0.2, -0.15) is 0 Å². The second-order valence-corrected chi connectivity index (χ2v) is 8.47. The molecule has 1 unspecified atom stereocenters. The zero-order valence-electron chi connectivity index (χ0n) is 19.8. The van der Waals surface area contributed by atoms with Crippen molar-refractivity contribution in [3.63, 3.8) is 0 Å². The summed E-state index contributed by atoms with van der Waals surface area (Å²) < 4.78 is 16.4. The fourth-order valence-corrected chi connectivity index (χ4v) is 3.84. The van der Waals surface area contributed by atoms with Crippen LogP contribution in [0.4, 0.5) is 0 Å². The molecule has 0 aromatic heterocycles. The van der Waals surface area contributed by atoms with Crippen molar-refractivity contribution in [2.45, 2.75) is 26.8 Å². The molecule has 1 atom stereocenters. The van der Waals surface area contributed by atoms with Gasteiger partial charge >= 0.3 is 0 Å². The Hall–Kier alpha value is -3.32. The van der Waals surface area contributed by atoms with Crippen molar-refractivity contribution in [3.05, 3.63) is 64.7 Å². The number of benzene rings is 2. The highest BCUT2D eigenvalue weighted by atomic mass is 16.5. The van der Waals surface area contributed by atoms with Gasteiger partial charge in [0.15, 0.2) is 0 Å². The van der Waals surface area contributed by atoms with Crippen LogP contribution in [0.15, 0.2) is 48.0 Å². The summed E-state index contributed by atoms with van der Waals surface area (Å²) in [6.07, 6.45) is 0. The van der Waals surface area contributed by atoms with Crippen molar-refractivity contribution in [1.82, 2.24) is 4.90 Å². The molecule has 7 heteroatoms. The van der Waals surface area contributed by atoms with Gasteiger partial charge in [-0.25, -0.2) is 0 Å². The van der Waals surface area contributed by atoms with Crippen LogP contribution < -0.4 is 9.47 Å². The van der Waals surface area contributed by atoms with E-state index in [1.807, 2.05) is 31.2 Å². The fourth-order valence-electron chi connectivity index (χ4n) is 3.84. The molecule has 1 aliphatic rings. The van der Waals surface area contributed by atoms with E-state index in [0.29, 0.717) is 35.2 Å². The van der Waals surface area contributed by atoms with Crippen LogP contribution in [0, 0.1) is 12.8 Å². The Labute approximate surface area is 194 Å². The van der Waals surface area contributed by atoms with Crippen molar-refractivity contribution in [2.75, 3.05) is 34.0 Å². The maximum atomic E-state index is 13.1. The van der Waals surface area contributed by atoms with Crippen molar-refractivity contribution in [3.8, 4) is 11.5 Å². The lowest BCUT2D eigenvalue weighted by molar-refractivity contribution is -0.140. The van der Waals surface area contributed by atoms with E-state index in [2.05, 4.69) is 13.8 Å². The summed E-state index contributed by atoms with van der Waals surface area (Å²) in [5, 5.41) is 11.3. The summed E-state index contributed by atoms with van der Waals surface area (Å²) >= 11 is 0. The molecule has 1 amide bonds. The van der Waals surface area contributed by atoms with Crippen LogP contribution in [0.25, 0.3) is 5.76 Å². The molecule has 1 fully saturated rings. The molecular weight excluding hydrogens is 422 g/mol. The van der Waals surface area contributed by atoms with Gasteiger partial charge in [0.1, 0.15) is 17.3 Å². The number of aliphatic hydroxyl groups is 1. The molecule has 176 valence electrons. The van der Waals surface area contributed by atoms with Crippen molar-refractivity contribution < 1.29 is 28.9 Å². The van der Waals surface area contributed by atoms with Gasteiger partial charge in [0, 0.05) is 13.7 Å². The molecule has 0 aliphatic carbocycles. The summed E-state index contributed by atoms with van der Waals surface area (Å²) in [7, 11) is 3.02. The van der Waals surface area contributed by atoms with Gasteiger partial charge in [0.25, 0.3) is 11.7 Å². The van der Waals surface area contributed by atoms with Crippen LogP contribution in [-0.2, 0) is 14.3 Å². The molecule has 0 bridgehead atoms. The molecular formula is C26H31NO6. The Kier molecular flexibility index (Phi) is 7.76. The minimum absolute atomic E-state index is 0.0148. The van der Waals surface area contributed by atoms with Crippen LogP contribution in [0.5, 0.6) is 11.5 Å². The third-order valence-corrected chi connectivity index (χ3v) is 5.44. The molecule has 33 heavy (non-hydrogen) atoms. The van der Waals surface area contributed by atoms with Gasteiger partial charge in [0.05, 0.1) is 37.5 Å². The molecule has 1 saturated heterocycles. The van der Waals surface area contributed by atoms with Crippen LogP contribution in [-0.4, -0.2) is 55.7 Å². The highest BCUT2D eigenvalue weighted by Gasteiger charge is 2.46. The number of ketones is 1. The maximum Gasteiger partial charge on any atom is 0.295 e. The number of ether oxygens (including phenoxy) is 3. The summed E-state index contributed by atoms with van der Waals surface area (Å²) in [4.78, 5) is 27.5. The number of rotatable bonds is 9. The van der Waals surface area contributed by atoms with Crippen LogP contribution in [0.2, 0.25) is 0 Å². The zero-order valence-corrected chi connectivity index (χ0v) is 19.8. The number of likely N-dealkylation sites (tertiary alicyclic amines) is 1. The van der Waals surface area contributed by atoms with Crippen LogP contribution in [0.1, 0.15) is 36.6 Å². The molecule has 7 nitrogen and oxygen atoms in total. The minimum Gasteiger partial charge on any atom is -0.507 e. The predicted molar refractivity (Wildman–Crippen MR) is 125 cm³/mol. The number of hydrogen-bond acceptors (Lipinski definition) is 6. The molecule has 1 aliphatic heterocycles. The van der Waals surface area contributed by atoms with Crippen LogP contribution in [0.3, 0.4) is 0 Å². The molecule has 3 rings (SSSR count). The number of hydrogen-bond donors (Lipinski definition) is 1. The van der Waals surface area contributed by atoms with Crippen LogP contribution >= 0.6 is 0 Å². The summed E-state index contributed by atoms with van der Waals surface area (Å²) in [5.74, 6) is -0.313. The van der Waals surface area contributed by atoms with Crippen molar-refractivity contribution in [1.29, 1.82) is 0 Å². The van der Waals surface area contributed by atoms with Gasteiger partial charge in [-0.05, 0) is 42.7 Å². The smallest absolute Gasteiger partial charge is 0.295 e. The highest BCUT2D eigenvalue weighted by Crippen LogP contribution is 2.41. The lowest BCUT2D eigenvalue weighted by atomic mass is 9.94. The lowest BCUT2D eigenvalue weighted by Crippen LogP contribution is -2.32. The van der Waals surface area contributed by atoms with E-state index in [0.717, 1.165) is 5.56 Å². The fraction of sp³-hybridized carbons (Fsp3) is 0.385. The number of methoxy groups -OCH3 is 2. The zero-order chi connectivity index (χ0) is 24.1. The number of carbonyl (C=O) groups is 2. The summed E-state index contributed by atoms with van der Waals surface area (Å²) in [5.41, 5.74) is 1.92. The van der Waals surface area contributed by atoms with E-state index in [1.165, 1.54) is 19.1 Å². The quantitative estimate of drug-likeness (QED) is 0.349. The summed E-state index contributed by atoms with van der Waals surface area (Å²) in [6.45, 7) is 6.97. The standard InChI is InChI=1S/C26H31NO6/c1-16(2)15-33-19-8-6-7-18(14-19)23-22(25(29)26(30)27(23)11-12-31-4)24(28)20-13-17(3)9-10-21(20)32-5/h6-10,13-14,16,23,28H,11-12,15H2,1-5H3/b24-22+. The number of aryl methyl sites for hydroxylation is 1. The highest BCUT2D eigenvalue weighted by molar-refractivity contribution is 6.46. The van der Waals surface area contributed by atoms with Gasteiger partial charge in [0.2, 0.25) is 0 Å². The monoisotopic (exact) mass is 453 g/mol. The number of aliphatic hydroxyl groups excluding tert-OH is 1. The first kappa shape index (κ1) is 24.3. The number of amides is 1. The second kappa shape index (κ2) is 10.5. The van der Waals surface area contributed by atoms with Gasteiger partial charge in [-0.15, -0.1) is 0 Å². The van der Waals surface area contributed by atoms with Gasteiger partial charge < -0.3 is 24.2 Å². The Morgan fingerprint density at radius 1 is 1.12 bits per heavy atom. The Bertz CT molecular complexity index is 1060. The second-order valence-electron chi connectivity index (χ2n) is 8.47. The maximum absolute atomic E-state index is 13.1. The van der Waals surface area contributed by atoms with Crippen molar-refractivity contribution >= 4 is 17.4 Å². The van der Waals surface area contributed by atoms with Crippen molar-refractivity contribution in [2.24, 2.45) is 5.92 Å². The van der Waals surface area contributed by atoms with Gasteiger partial charge in [-0.1, -0.05) is 37.6 Å². The topological polar surface area (TPSA) is 85.3 Å². The molecule has 0 radical (unpaired) electrons. The first-order chi connectivity index (χ1) is 15.8. The van der Waals surface area contributed by atoms with E-state index in [-0.39, 0.29) is 24.5 Å². The molecule has 0 saturated carbocycles. The van der Waals surface area contributed by atoms with E-state index in [9.17, 15) is 14.7 Å². The molecule has 0 spiro atoms. The molecule has 1 N–H and O–H groups in total. The SMILES string of the molecule is COCCN1C(=O)C(=O)/C(=C(/O)c2cc(C)ccc2OC)C1c1cccc(OCC(C)C)c1. The average Bonchev–Trinajstić information content (AvgIpc) is 3.05. The largest absolute Gasteiger partial charge is 0.507 e.